The number of benzene rings is 4. The van der Waals surface area contributed by atoms with Crippen LogP contribution in [0.5, 0.6) is 11.5 Å². The minimum absolute atomic E-state index is 0.250. The lowest BCUT2D eigenvalue weighted by molar-refractivity contribution is 0.262. The predicted molar refractivity (Wildman–Crippen MR) is 146 cm³/mol. The van der Waals surface area contributed by atoms with Crippen molar-refractivity contribution in [1.29, 1.82) is 0 Å². The molecule has 0 aromatic heterocycles. The maximum absolute atomic E-state index is 12.3. The number of hydrogen-bond acceptors (Lipinski definition) is 3. The Morgan fingerprint density at radius 3 is 1.97 bits per heavy atom. The van der Waals surface area contributed by atoms with Gasteiger partial charge >= 0.3 is 6.03 Å². The molecule has 0 saturated carbocycles. The van der Waals surface area contributed by atoms with Gasteiger partial charge in [-0.1, -0.05) is 53.6 Å². The summed E-state index contributed by atoms with van der Waals surface area (Å²) in [6, 6.07) is 30.3. The average molecular weight is 478 g/mol. The Kier molecular flexibility index (Phi) is 6.74. The molecule has 0 bridgehead atoms. The number of likely N-dealkylation sites (N-methyl/N-ethyl adjacent to an activating group) is 1. The van der Waals surface area contributed by atoms with Crippen molar-refractivity contribution in [2.45, 2.75) is 26.3 Å². The average Bonchev–Trinajstić information content (AvgIpc) is 2.87. The van der Waals surface area contributed by atoms with E-state index >= 15 is 0 Å². The second-order valence-corrected chi connectivity index (χ2v) is 9.48. The van der Waals surface area contributed by atoms with Gasteiger partial charge in [0.25, 0.3) is 0 Å². The molecule has 36 heavy (non-hydrogen) atoms. The highest BCUT2D eigenvalue weighted by Gasteiger charge is 2.26. The van der Waals surface area contributed by atoms with Gasteiger partial charge in [0.1, 0.15) is 11.5 Å². The number of nitrogens with zero attached hydrogens (tertiary/aromatic N) is 1. The topological polar surface area (TPSA) is 53.6 Å². The molecule has 0 radical (unpaired) electrons. The SMILES string of the molecule is Cc1ccc(NC(=O)Nc2ccc(Oc3ccc4c(c3)CCN(C)C4c3ccc(C)cc3)cc2)cc1. The maximum atomic E-state index is 12.3. The van der Waals surface area contributed by atoms with Crippen molar-refractivity contribution in [2.75, 3.05) is 24.2 Å². The molecule has 4 aromatic carbocycles. The van der Waals surface area contributed by atoms with Crippen LogP contribution >= 0.6 is 0 Å². The zero-order valence-corrected chi connectivity index (χ0v) is 20.9. The summed E-state index contributed by atoms with van der Waals surface area (Å²) in [5.41, 5.74) is 7.83. The van der Waals surface area contributed by atoms with Crippen molar-refractivity contribution in [3.63, 3.8) is 0 Å². The first-order valence-electron chi connectivity index (χ1n) is 12.3. The summed E-state index contributed by atoms with van der Waals surface area (Å²) in [5, 5.41) is 5.69. The van der Waals surface area contributed by atoms with Gasteiger partial charge < -0.3 is 15.4 Å². The molecule has 5 nitrogen and oxygen atoms in total. The molecule has 1 aliphatic rings. The van der Waals surface area contributed by atoms with Crippen molar-refractivity contribution in [1.82, 2.24) is 4.90 Å². The van der Waals surface area contributed by atoms with Gasteiger partial charge in [0.15, 0.2) is 0 Å². The number of carbonyl (C=O) groups is 1. The smallest absolute Gasteiger partial charge is 0.323 e. The standard InChI is InChI=1S/C31H31N3O2/c1-21-4-8-23(9-5-21)30-29-17-16-28(20-24(29)18-19-34(30)3)36-27-14-12-26(13-15-27)33-31(35)32-25-10-6-22(2)7-11-25/h4-17,20,30H,18-19H2,1-3H3,(H2,32,33,35). The molecule has 1 heterocycles. The number of nitrogens with one attached hydrogen (secondary N) is 2. The molecule has 5 rings (SSSR count). The normalized spacial score (nSPS) is 15.1. The molecule has 2 amide bonds. The van der Waals surface area contributed by atoms with E-state index in [4.69, 9.17) is 4.74 Å². The van der Waals surface area contributed by atoms with Crippen LogP contribution in [0.2, 0.25) is 0 Å². The van der Waals surface area contributed by atoms with E-state index < -0.39 is 0 Å². The summed E-state index contributed by atoms with van der Waals surface area (Å²) in [6.45, 7) is 5.13. The first kappa shape index (κ1) is 23.6. The highest BCUT2D eigenvalue weighted by atomic mass is 16.5. The van der Waals surface area contributed by atoms with E-state index in [1.165, 1.54) is 22.3 Å². The highest BCUT2D eigenvalue weighted by Crippen LogP contribution is 2.36. The molecule has 1 atom stereocenters. The third-order valence-corrected chi connectivity index (χ3v) is 6.63. The van der Waals surface area contributed by atoms with Gasteiger partial charge in [-0.3, -0.25) is 4.90 Å². The van der Waals surface area contributed by atoms with Gasteiger partial charge in [-0.05, 0) is 92.5 Å². The molecular formula is C31H31N3O2. The number of urea groups is 1. The van der Waals surface area contributed by atoms with Gasteiger partial charge in [0.05, 0.1) is 6.04 Å². The number of carbonyl (C=O) groups excluding carboxylic acids is 1. The number of hydrogen-bond donors (Lipinski definition) is 2. The molecule has 0 spiro atoms. The van der Waals surface area contributed by atoms with Crippen molar-refractivity contribution in [3.8, 4) is 11.5 Å². The number of amides is 2. The third kappa shape index (κ3) is 5.42. The van der Waals surface area contributed by atoms with Crippen molar-refractivity contribution >= 4 is 17.4 Å². The van der Waals surface area contributed by atoms with E-state index in [0.717, 1.165) is 35.7 Å². The van der Waals surface area contributed by atoms with Crippen LogP contribution in [0.25, 0.3) is 0 Å². The van der Waals surface area contributed by atoms with Crippen molar-refractivity contribution in [3.05, 3.63) is 119 Å². The Bertz CT molecular complexity index is 1350. The second kappa shape index (κ2) is 10.3. The number of anilines is 2. The number of ether oxygens (including phenoxy) is 1. The summed E-state index contributed by atoms with van der Waals surface area (Å²) in [7, 11) is 2.19. The van der Waals surface area contributed by atoms with Crippen LogP contribution < -0.4 is 15.4 Å². The van der Waals surface area contributed by atoms with Gasteiger partial charge in [0.2, 0.25) is 0 Å². The molecule has 0 aliphatic carbocycles. The zero-order valence-electron chi connectivity index (χ0n) is 20.9. The first-order valence-corrected chi connectivity index (χ1v) is 12.3. The minimum atomic E-state index is -0.282. The fourth-order valence-electron chi connectivity index (χ4n) is 4.65. The molecule has 1 unspecified atom stereocenters. The molecule has 2 N–H and O–H groups in total. The van der Waals surface area contributed by atoms with E-state index in [-0.39, 0.29) is 12.1 Å². The lowest BCUT2D eigenvalue weighted by Gasteiger charge is -2.35. The van der Waals surface area contributed by atoms with Crippen LogP contribution in [0.1, 0.15) is 33.9 Å². The highest BCUT2D eigenvalue weighted by molar-refractivity contribution is 5.99. The number of fused-ring (bicyclic) bond motifs is 1. The minimum Gasteiger partial charge on any atom is -0.457 e. The van der Waals surface area contributed by atoms with E-state index in [9.17, 15) is 4.79 Å². The van der Waals surface area contributed by atoms with Crippen LogP contribution in [-0.2, 0) is 6.42 Å². The Morgan fingerprint density at radius 1 is 0.778 bits per heavy atom. The summed E-state index contributed by atoms with van der Waals surface area (Å²) < 4.78 is 6.15. The van der Waals surface area contributed by atoms with Gasteiger partial charge in [-0.15, -0.1) is 0 Å². The maximum Gasteiger partial charge on any atom is 0.323 e. The summed E-state index contributed by atoms with van der Waals surface area (Å²) >= 11 is 0. The molecule has 0 fully saturated rings. The Hall–Kier alpha value is -4.09. The van der Waals surface area contributed by atoms with E-state index in [1.807, 2.05) is 61.5 Å². The summed E-state index contributed by atoms with van der Waals surface area (Å²) in [4.78, 5) is 14.7. The lowest BCUT2D eigenvalue weighted by atomic mass is 9.88. The fraction of sp³-hybridized carbons (Fsp3) is 0.194. The van der Waals surface area contributed by atoms with Crippen LogP contribution in [0.4, 0.5) is 16.2 Å². The van der Waals surface area contributed by atoms with Crippen molar-refractivity contribution in [2.24, 2.45) is 0 Å². The van der Waals surface area contributed by atoms with E-state index in [1.54, 1.807) is 0 Å². The van der Waals surface area contributed by atoms with Gasteiger partial charge in [0, 0.05) is 17.9 Å². The van der Waals surface area contributed by atoms with Crippen LogP contribution in [0.3, 0.4) is 0 Å². The van der Waals surface area contributed by atoms with Crippen molar-refractivity contribution < 1.29 is 9.53 Å². The zero-order chi connectivity index (χ0) is 25.1. The Morgan fingerprint density at radius 2 is 1.33 bits per heavy atom. The van der Waals surface area contributed by atoms with Crippen LogP contribution in [0, 0.1) is 13.8 Å². The monoisotopic (exact) mass is 477 g/mol. The van der Waals surface area contributed by atoms with E-state index in [0.29, 0.717) is 5.69 Å². The molecule has 182 valence electrons. The Labute approximate surface area is 212 Å². The van der Waals surface area contributed by atoms with Crippen LogP contribution in [0.15, 0.2) is 91.0 Å². The molecule has 1 aliphatic heterocycles. The van der Waals surface area contributed by atoms with Gasteiger partial charge in [-0.2, -0.15) is 0 Å². The fourth-order valence-corrected chi connectivity index (χ4v) is 4.65. The lowest BCUT2D eigenvalue weighted by Crippen LogP contribution is -2.32. The largest absolute Gasteiger partial charge is 0.457 e. The number of aryl methyl sites for hydroxylation is 2. The van der Waals surface area contributed by atoms with Gasteiger partial charge in [-0.25, -0.2) is 4.79 Å². The summed E-state index contributed by atoms with van der Waals surface area (Å²) in [5.74, 6) is 1.54. The van der Waals surface area contributed by atoms with E-state index in [2.05, 4.69) is 65.9 Å². The third-order valence-electron chi connectivity index (χ3n) is 6.63. The number of rotatable bonds is 5. The predicted octanol–water partition coefficient (Wildman–Crippen LogP) is 7.32. The molecule has 4 aromatic rings. The van der Waals surface area contributed by atoms with Crippen LogP contribution in [-0.4, -0.2) is 24.5 Å². The molecular weight excluding hydrogens is 446 g/mol. The quantitative estimate of drug-likeness (QED) is 0.317. The first-order chi connectivity index (χ1) is 17.4. The molecule has 0 saturated heterocycles. The Balaban J connectivity index is 1.25. The molecule has 5 heteroatoms. The second-order valence-electron chi connectivity index (χ2n) is 9.48. The summed E-state index contributed by atoms with van der Waals surface area (Å²) in [6.07, 6.45) is 0.990.